The second-order valence-corrected chi connectivity index (χ2v) is 10.4. The average molecular weight is 542 g/mol. The molecule has 0 radical (unpaired) electrons. The van der Waals surface area contributed by atoms with Crippen LogP contribution in [-0.2, 0) is 22.6 Å². The van der Waals surface area contributed by atoms with E-state index in [2.05, 4.69) is 5.32 Å². The number of halogens is 1. The summed E-state index contributed by atoms with van der Waals surface area (Å²) < 4.78 is 16.7. The summed E-state index contributed by atoms with van der Waals surface area (Å²) in [4.78, 5) is 31.3. The van der Waals surface area contributed by atoms with E-state index in [0.717, 1.165) is 23.3 Å². The topological polar surface area (TPSA) is 80.3 Å². The summed E-state index contributed by atoms with van der Waals surface area (Å²) in [6.45, 7) is 1.91. The standard InChI is InChI=1S/C27H28ClN3O5S/c28-20-4-1-5-21(13-20)29-27(33)31(15-22-6-2-10-34-22)17-26(32)30(16-23-7-3-11-37-23)14-19-8-9-24-25(12-19)36-18-35-24/h1,3-5,7-9,11-13,22H,2,6,10,14-18H2,(H,29,33)/t22-/m1/s1. The van der Waals surface area contributed by atoms with Crippen LogP contribution in [0, 0.1) is 0 Å². The minimum absolute atomic E-state index is 0.0812. The quantitative estimate of drug-likeness (QED) is 0.394. The Balaban J connectivity index is 1.33. The monoisotopic (exact) mass is 541 g/mol. The van der Waals surface area contributed by atoms with Gasteiger partial charge < -0.3 is 29.3 Å². The Labute approximate surface area is 224 Å². The highest BCUT2D eigenvalue weighted by molar-refractivity contribution is 7.09. The Bertz CT molecular complexity index is 1230. The molecule has 3 amide bonds. The van der Waals surface area contributed by atoms with E-state index in [-0.39, 0.29) is 31.4 Å². The van der Waals surface area contributed by atoms with Crippen molar-refractivity contribution in [2.75, 3.05) is 31.8 Å². The van der Waals surface area contributed by atoms with Gasteiger partial charge in [0.25, 0.3) is 0 Å². The fourth-order valence-electron chi connectivity index (χ4n) is 4.37. The van der Waals surface area contributed by atoms with Crippen molar-refractivity contribution in [3.8, 4) is 11.5 Å². The molecule has 3 aromatic rings. The maximum Gasteiger partial charge on any atom is 0.322 e. The molecular weight excluding hydrogens is 514 g/mol. The Morgan fingerprint density at radius 1 is 1.03 bits per heavy atom. The van der Waals surface area contributed by atoms with Crippen LogP contribution in [0.25, 0.3) is 0 Å². The molecule has 0 spiro atoms. The number of nitrogens with one attached hydrogen (secondary N) is 1. The van der Waals surface area contributed by atoms with E-state index in [1.807, 2.05) is 35.7 Å². The van der Waals surface area contributed by atoms with E-state index in [0.29, 0.717) is 48.5 Å². The minimum atomic E-state index is -0.370. The lowest BCUT2D eigenvalue weighted by Gasteiger charge is -2.29. The molecule has 0 unspecified atom stereocenters. The molecule has 2 aliphatic rings. The van der Waals surface area contributed by atoms with Gasteiger partial charge in [-0.05, 0) is 60.2 Å². The summed E-state index contributed by atoms with van der Waals surface area (Å²) in [7, 11) is 0. The van der Waals surface area contributed by atoms with Gasteiger partial charge in [-0.2, -0.15) is 0 Å². The fraction of sp³-hybridized carbons (Fsp3) is 0.333. The molecule has 1 N–H and O–H groups in total. The van der Waals surface area contributed by atoms with Crippen LogP contribution in [0.5, 0.6) is 11.5 Å². The Morgan fingerprint density at radius 2 is 1.92 bits per heavy atom. The molecule has 5 rings (SSSR count). The maximum absolute atomic E-state index is 13.7. The molecular formula is C27H28ClN3O5S. The third-order valence-electron chi connectivity index (χ3n) is 6.23. The first-order chi connectivity index (χ1) is 18.0. The van der Waals surface area contributed by atoms with Crippen LogP contribution in [0.3, 0.4) is 0 Å². The summed E-state index contributed by atoms with van der Waals surface area (Å²) in [6, 6.07) is 16.2. The Kier molecular flexibility index (Phi) is 8.13. The number of nitrogens with zero attached hydrogens (tertiary/aromatic N) is 2. The highest BCUT2D eigenvalue weighted by Crippen LogP contribution is 2.33. The minimum Gasteiger partial charge on any atom is -0.454 e. The first-order valence-corrected chi connectivity index (χ1v) is 13.4. The molecule has 194 valence electrons. The maximum atomic E-state index is 13.7. The summed E-state index contributed by atoms with van der Waals surface area (Å²) in [5.74, 6) is 1.20. The number of thiophene rings is 1. The Hall–Kier alpha value is -3.27. The molecule has 10 heteroatoms. The molecule has 1 saturated heterocycles. The SMILES string of the molecule is O=C(CN(C[C@H]1CCCO1)C(=O)Nc1cccc(Cl)c1)N(Cc1ccc2c(c1)OCO2)Cc1cccs1. The normalized spacial score (nSPS) is 16.0. The fourth-order valence-corrected chi connectivity index (χ4v) is 5.28. The number of ether oxygens (including phenoxy) is 3. The number of carbonyl (C=O) groups is 2. The van der Waals surface area contributed by atoms with E-state index < -0.39 is 0 Å². The third kappa shape index (κ3) is 6.74. The van der Waals surface area contributed by atoms with Gasteiger partial charge in [0, 0.05) is 35.3 Å². The molecule has 37 heavy (non-hydrogen) atoms. The van der Waals surface area contributed by atoms with Crippen molar-refractivity contribution in [1.29, 1.82) is 0 Å². The van der Waals surface area contributed by atoms with Gasteiger partial charge in [0.2, 0.25) is 12.7 Å². The van der Waals surface area contributed by atoms with Gasteiger partial charge in [0.15, 0.2) is 11.5 Å². The Morgan fingerprint density at radius 3 is 2.70 bits per heavy atom. The zero-order valence-electron chi connectivity index (χ0n) is 20.2. The molecule has 0 bridgehead atoms. The number of hydrogen-bond acceptors (Lipinski definition) is 6. The molecule has 3 heterocycles. The van der Waals surface area contributed by atoms with Crippen molar-refractivity contribution in [1.82, 2.24) is 9.80 Å². The zero-order chi connectivity index (χ0) is 25.6. The van der Waals surface area contributed by atoms with Gasteiger partial charge in [-0.25, -0.2) is 4.79 Å². The molecule has 1 aromatic heterocycles. The zero-order valence-corrected chi connectivity index (χ0v) is 21.8. The first-order valence-electron chi connectivity index (χ1n) is 12.2. The van der Waals surface area contributed by atoms with Crippen molar-refractivity contribution < 1.29 is 23.8 Å². The van der Waals surface area contributed by atoms with Gasteiger partial charge >= 0.3 is 6.03 Å². The van der Waals surface area contributed by atoms with Crippen LogP contribution >= 0.6 is 22.9 Å². The summed E-state index contributed by atoms with van der Waals surface area (Å²) in [5.41, 5.74) is 1.49. The molecule has 0 saturated carbocycles. The molecule has 8 nitrogen and oxygen atoms in total. The number of fused-ring (bicyclic) bond motifs is 1. The van der Waals surface area contributed by atoms with E-state index in [4.69, 9.17) is 25.8 Å². The van der Waals surface area contributed by atoms with Crippen LogP contribution in [0.15, 0.2) is 60.0 Å². The number of benzene rings is 2. The first kappa shape index (κ1) is 25.4. The van der Waals surface area contributed by atoms with Gasteiger partial charge in [-0.3, -0.25) is 4.79 Å². The number of amides is 3. The number of urea groups is 1. The predicted octanol–water partition coefficient (Wildman–Crippen LogP) is 5.37. The number of hydrogen-bond donors (Lipinski definition) is 1. The van der Waals surface area contributed by atoms with Crippen molar-refractivity contribution in [3.05, 3.63) is 75.4 Å². The van der Waals surface area contributed by atoms with Crippen molar-refractivity contribution in [2.45, 2.75) is 32.0 Å². The second kappa shape index (κ2) is 11.9. The highest BCUT2D eigenvalue weighted by atomic mass is 35.5. The van der Waals surface area contributed by atoms with Crippen LogP contribution in [0.4, 0.5) is 10.5 Å². The van der Waals surface area contributed by atoms with Gasteiger partial charge in [-0.15, -0.1) is 11.3 Å². The van der Waals surface area contributed by atoms with Crippen molar-refractivity contribution in [2.24, 2.45) is 0 Å². The summed E-state index contributed by atoms with van der Waals surface area (Å²) in [5, 5.41) is 5.38. The number of carbonyl (C=O) groups excluding carboxylic acids is 2. The second-order valence-electron chi connectivity index (χ2n) is 8.97. The lowest BCUT2D eigenvalue weighted by Crippen LogP contribution is -2.46. The van der Waals surface area contributed by atoms with Gasteiger partial charge in [0.05, 0.1) is 12.6 Å². The lowest BCUT2D eigenvalue weighted by molar-refractivity contribution is -0.133. The number of rotatable bonds is 9. The third-order valence-corrected chi connectivity index (χ3v) is 7.32. The summed E-state index contributed by atoms with van der Waals surface area (Å²) in [6.07, 6.45) is 1.69. The smallest absolute Gasteiger partial charge is 0.322 e. The number of anilines is 1. The predicted molar refractivity (Wildman–Crippen MR) is 142 cm³/mol. The largest absolute Gasteiger partial charge is 0.454 e. The van der Waals surface area contributed by atoms with E-state index in [1.165, 1.54) is 4.90 Å². The molecule has 1 fully saturated rings. The van der Waals surface area contributed by atoms with Crippen LogP contribution < -0.4 is 14.8 Å². The molecule has 2 aliphatic heterocycles. The van der Waals surface area contributed by atoms with E-state index in [9.17, 15) is 9.59 Å². The summed E-state index contributed by atoms with van der Waals surface area (Å²) >= 11 is 7.68. The van der Waals surface area contributed by atoms with Crippen LogP contribution in [0.1, 0.15) is 23.3 Å². The van der Waals surface area contributed by atoms with Crippen LogP contribution in [-0.4, -0.2) is 54.3 Å². The highest BCUT2D eigenvalue weighted by Gasteiger charge is 2.27. The van der Waals surface area contributed by atoms with Gasteiger partial charge in [-0.1, -0.05) is 29.8 Å². The van der Waals surface area contributed by atoms with E-state index in [1.54, 1.807) is 40.5 Å². The van der Waals surface area contributed by atoms with E-state index >= 15 is 0 Å². The van der Waals surface area contributed by atoms with Gasteiger partial charge in [0.1, 0.15) is 6.54 Å². The van der Waals surface area contributed by atoms with Crippen molar-refractivity contribution in [3.63, 3.8) is 0 Å². The molecule has 0 aliphatic carbocycles. The lowest BCUT2D eigenvalue weighted by atomic mass is 10.1. The molecule has 1 atom stereocenters. The van der Waals surface area contributed by atoms with Crippen LogP contribution in [0.2, 0.25) is 5.02 Å². The van der Waals surface area contributed by atoms with Crippen molar-refractivity contribution >= 4 is 40.6 Å². The molecule has 2 aromatic carbocycles. The average Bonchev–Trinajstić information content (AvgIpc) is 3.66.